The SMILES string of the molecule is CC.Fc1ccc(-c2cccc(Cl)c2)cc1. The average Bonchev–Trinajstić information content (AvgIpc) is 2.32. The molecule has 0 fully saturated rings. The fourth-order valence-corrected chi connectivity index (χ4v) is 1.50. The maximum atomic E-state index is 12.7. The summed E-state index contributed by atoms with van der Waals surface area (Å²) in [5, 5.41) is 0.687. The molecule has 0 saturated heterocycles. The molecule has 0 radical (unpaired) electrons. The molecule has 84 valence electrons. The van der Waals surface area contributed by atoms with Crippen LogP contribution in [-0.4, -0.2) is 0 Å². The molecular formula is C14H14ClF. The van der Waals surface area contributed by atoms with Gasteiger partial charge in [0.1, 0.15) is 5.82 Å². The summed E-state index contributed by atoms with van der Waals surface area (Å²) in [7, 11) is 0. The van der Waals surface area contributed by atoms with Gasteiger partial charge in [-0.15, -0.1) is 0 Å². The fourth-order valence-electron chi connectivity index (χ4n) is 1.31. The van der Waals surface area contributed by atoms with Crippen LogP contribution in [0.2, 0.25) is 5.02 Å². The Balaban J connectivity index is 0.000000606. The third-order valence-electron chi connectivity index (χ3n) is 2.00. The minimum Gasteiger partial charge on any atom is -0.207 e. The van der Waals surface area contributed by atoms with E-state index in [1.54, 1.807) is 12.1 Å². The number of rotatable bonds is 1. The van der Waals surface area contributed by atoms with E-state index in [1.165, 1.54) is 12.1 Å². The maximum absolute atomic E-state index is 12.7. The Bertz CT molecular complexity index is 435. The Labute approximate surface area is 101 Å². The monoisotopic (exact) mass is 236 g/mol. The van der Waals surface area contributed by atoms with E-state index >= 15 is 0 Å². The standard InChI is InChI=1S/C12H8ClF.C2H6/c13-11-3-1-2-10(8-11)9-4-6-12(14)7-5-9;1-2/h1-8H;1-2H3. The topological polar surface area (TPSA) is 0 Å². The first-order chi connectivity index (χ1) is 7.75. The highest BCUT2D eigenvalue weighted by molar-refractivity contribution is 6.30. The summed E-state index contributed by atoms with van der Waals surface area (Å²) in [6, 6.07) is 13.8. The zero-order chi connectivity index (χ0) is 12.0. The first kappa shape index (κ1) is 12.7. The lowest BCUT2D eigenvalue weighted by molar-refractivity contribution is 0.628. The van der Waals surface area contributed by atoms with Gasteiger partial charge in [-0.2, -0.15) is 0 Å². The first-order valence-electron chi connectivity index (χ1n) is 5.27. The molecule has 0 unspecified atom stereocenters. The molecule has 0 nitrogen and oxygen atoms in total. The summed E-state index contributed by atoms with van der Waals surface area (Å²) >= 11 is 5.85. The van der Waals surface area contributed by atoms with Gasteiger partial charge < -0.3 is 0 Å². The largest absolute Gasteiger partial charge is 0.207 e. The summed E-state index contributed by atoms with van der Waals surface area (Å²) in [6.07, 6.45) is 0. The maximum Gasteiger partial charge on any atom is 0.123 e. The lowest BCUT2D eigenvalue weighted by atomic mass is 10.1. The summed E-state index contributed by atoms with van der Waals surface area (Å²) in [5.41, 5.74) is 1.96. The zero-order valence-corrected chi connectivity index (χ0v) is 10.1. The Morgan fingerprint density at radius 1 is 0.875 bits per heavy atom. The van der Waals surface area contributed by atoms with Crippen LogP contribution in [0.25, 0.3) is 11.1 Å². The second kappa shape index (κ2) is 6.29. The second-order valence-electron chi connectivity index (χ2n) is 3.02. The van der Waals surface area contributed by atoms with Crippen molar-refractivity contribution < 1.29 is 4.39 Å². The van der Waals surface area contributed by atoms with Gasteiger partial charge in [-0.25, -0.2) is 4.39 Å². The van der Waals surface area contributed by atoms with E-state index in [0.29, 0.717) is 5.02 Å². The highest BCUT2D eigenvalue weighted by Crippen LogP contribution is 2.22. The van der Waals surface area contributed by atoms with E-state index in [1.807, 2.05) is 38.1 Å². The van der Waals surface area contributed by atoms with E-state index in [9.17, 15) is 4.39 Å². The molecule has 2 rings (SSSR count). The van der Waals surface area contributed by atoms with Gasteiger partial charge >= 0.3 is 0 Å². The molecule has 0 heterocycles. The van der Waals surface area contributed by atoms with E-state index in [-0.39, 0.29) is 5.82 Å². The van der Waals surface area contributed by atoms with Crippen LogP contribution < -0.4 is 0 Å². The van der Waals surface area contributed by atoms with Gasteiger partial charge in [-0.05, 0) is 35.4 Å². The van der Waals surface area contributed by atoms with E-state index in [2.05, 4.69) is 0 Å². The van der Waals surface area contributed by atoms with Crippen molar-refractivity contribution in [3.05, 3.63) is 59.4 Å². The summed E-state index contributed by atoms with van der Waals surface area (Å²) in [5.74, 6) is -0.226. The number of benzene rings is 2. The van der Waals surface area contributed by atoms with Gasteiger partial charge in [0, 0.05) is 5.02 Å². The highest BCUT2D eigenvalue weighted by atomic mass is 35.5. The third-order valence-corrected chi connectivity index (χ3v) is 2.24. The Morgan fingerprint density at radius 3 is 2.06 bits per heavy atom. The van der Waals surface area contributed by atoms with Crippen molar-refractivity contribution in [1.29, 1.82) is 0 Å². The highest BCUT2D eigenvalue weighted by Gasteiger charge is 1.97. The molecule has 0 atom stereocenters. The summed E-state index contributed by atoms with van der Waals surface area (Å²) < 4.78 is 12.7. The molecule has 0 bridgehead atoms. The molecule has 2 aromatic carbocycles. The summed E-state index contributed by atoms with van der Waals surface area (Å²) in [4.78, 5) is 0. The van der Waals surface area contributed by atoms with Crippen LogP contribution in [-0.2, 0) is 0 Å². The van der Waals surface area contributed by atoms with Crippen LogP contribution >= 0.6 is 11.6 Å². The van der Waals surface area contributed by atoms with Crippen LogP contribution in [0.3, 0.4) is 0 Å². The minimum absolute atomic E-state index is 0.226. The summed E-state index contributed by atoms with van der Waals surface area (Å²) in [6.45, 7) is 4.00. The quantitative estimate of drug-likeness (QED) is 0.641. The lowest BCUT2D eigenvalue weighted by Gasteiger charge is -2.01. The van der Waals surface area contributed by atoms with Crippen molar-refractivity contribution in [3.8, 4) is 11.1 Å². The van der Waals surface area contributed by atoms with E-state index < -0.39 is 0 Å². The second-order valence-corrected chi connectivity index (χ2v) is 3.45. The number of hydrogen-bond acceptors (Lipinski definition) is 0. The smallest absolute Gasteiger partial charge is 0.123 e. The number of hydrogen-bond donors (Lipinski definition) is 0. The van der Waals surface area contributed by atoms with Crippen LogP contribution in [0.5, 0.6) is 0 Å². The van der Waals surface area contributed by atoms with Crippen molar-refractivity contribution in [1.82, 2.24) is 0 Å². The van der Waals surface area contributed by atoms with Gasteiger partial charge in [0.25, 0.3) is 0 Å². The molecule has 0 spiro atoms. The Kier molecular flexibility index (Phi) is 5.00. The van der Waals surface area contributed by atoms with Crippen LogP contribution in [0.15, 0.2) is 48.5 Å². The molecule has 0 saturated carbocycles. The molecule has 0 N–H and O–H groups in total. The van der Waals surface area contributed by atoms with Gasteiger partial charge in [0.2, 0.25) is 0 Å². The van der Waals surface area contributed by atoms with Gasteiger partial charge in [0.15, 0.2) is 0 Å². The molecule has 16 heavy (non-hydrogen) atoms. The van der Waals surface area contributed by atoms with E-state index in [0.717, 1.165) is 11.1 Å². The molecule has 0 aliphatic rings. The third kappa shape index (κ3) is 3.35. The van der Waals surface area contributed by atoms with Crippen molar-refractivity contribution in [3.63, 3.8) is 0 Å². The van der Waals surface area contributed by atoms with Crippen molar-refractivity contribution >= 4 is 11.6 Å². The molecule has 0 aliphatic heterocycles. The minimum atomic E-state index is -0.226. The Morgan fingerprint density at radius 2 is 1.50 bits per heavy atom. The normalized spacial score (nSPS) is 9.25. The van der Waals surface area contributed by atoms with Crippen molar-refractivity contribution in [2.75, 3.05) is 0 Å². The molecule has 0 aliphatic carbocycles. The van der Waals surface area contributed by atoms with Crippen LogP contribution in [0.1, 0.15) is 13.8 Å². The molecule has 2 heteroatoms. The molecular weight excluding hydrogens is 223 g/mol. The lowest BCUT2D eigenvalue weighted by Crippen LogP contribution is -1.78. The van der Waals surface area contributed by atoms with Gasteiger partial charge in [0.05, 0.1) is 0 Å². The molecule has 0 aromatic heterocycles. The fraction of sp³-hybridized carbons (Fsp3) is 0.143. The first-order valence-corrected chi connectivity index (χ1v) is 5.65. The van der Waals surface area contributed by atoms with Crippen molar-refractivity contribution in [2.24, 2.45) is 0 Å². The van der Waals surface area contributed by atoms with Crippen LogP contribution in [0, 0.1) is 5.82 Å². The average molecular weight is 237 g/mol. The predicted molar refractivity (Wildman–Crippen MR) is 68.2 cm³/mol. The predicted octanol–water partition coefficient (Wildman–Crippen LogP) is 5.17. The Hall–Kier alpha value is -1.34. The number of halogens is 2. The van der Waals surface area contributed by atoms with Crippen molar-refractivity contribution in [2.45, 2.75) is 13.8 Å². The zero-order valence-electron chi connectivity index (χ0n) is 9.37. The van der Waals surface area contributed by atoms with Gasteiger partial charge in [-0.1, -0.05) is 49.7 Å². The molecule has 2 aromatic rings. The van der Waals surface area contributed by atoms with Gasteiger partial charge in [-0.3, -0.25) is 0 Å². The van der Waals surface area contributed by atoms with Crippen LogP contribution in [0.4, 0.5) is 4.39 Å². The van der Waals surface area contributed by atoms with E-state index in [4.69, 9.17) is 11.6 Å². The molecule has 0 amide bonds.